The van der Waals surface area contributed by atoms with Crippen LogP contribution in [-0.4, -0.2) is 6.61 Å². The minimum atomic E-state index is 0.267. The van der Waals surface area contributed by atoms with E-state index in [-0.39, 0.29) is 6.04 Å². The average Bonchev–Trinajstić information content (AvgIpc) is 2.83. The summed E-state index contributed by atoms with van der Waals surface area (Å²) in [6, 6.07) is 12.7. The Balaban J connectivity index is 2.01. The number of thiophene rings is 1. The van der Waals surface area contributed by atoms with Gasteiger partial charge in [0.05, 0.1) is 10.4 Å². The lowest BCUT2D eigenvalue weighted by molar-refractivity contribution is 0.332. The van der Waals surface area contributed by atoms with E-state index in [9.17, 15) is 0 Å². The molecule has 0 aliphatic heterocycles. The summed E-state index contributed by atoms with van der Waals surface area (Å²) in [4.78, 5) is 1.33. The highest BCUT2D eigenvalue weighted by Gasteiger charge is 2.10. The van der Waals surface area contributed by atoms with E-state index in [4.69, 9.17) is 4.74 Å². The summed E-state index contributed by atoms with van der Waals surface area (Å²) >= 11 is 5.25. The Labute approximate surface area is 126 Å². The third kappa shape index (κ3) is 4.06. The van der Waals surface area contributed by atoms with Gasteiger partial charge < -0.3 is 10.1 Å². The highest BCUT2D eigenvalue weighted by atomic mass is 79.9. The average molecular weight is 340 g/mol. The lowest BCUT2D eigenvalue weighted by Crippen LogP contribution is -2.18. The molecule has 1 atom stereocenters. The van der Waals surface area contributed by atoms with Crippen molar-refractivity contribution in [3.05, 3.63) is 50.6 Å². The number of benzene rings is 1. The zero-order valence-electron chi connectivity index (χ0n) is 11.2. The number of ether oxygens (including phenoxy) is 1. The van der Waals surface area contributed by atoms with Crippen LogP contribution in [0.1, 0.15) is 30.3 Å². The normalized spacial score (nSPS) is 12.4. The third-order valence-corrected chi connectivity index (χ3v) is 4.52. The first-order valence-corrected chi connectivity index (χ1v) is 8.01. The minimum absolute atomic E-state index is 0.267. The van der Waals surface area contributed by atoms with Gasteiger partial charge >= 0.3 is 0 Å². The van der Waals surface area contributed by atoms with Crippen LogP contribution in [0.3, 0.4) is 0 Å². The molecule has 2 nitrogen and oxygen atoms in total. The predicted octanol–water partition coefficient (Wildman–Crippen LogP) is 4.76. The SMILES string of the molecule is CCOc1ccccc1C(C)NCc1ccc(Br)s1. The number of hydrogen-bond acceptors (Lipinski definition) is 3. The summed E-state index contributed by atoms with van der Waals surface area (Å²) in [6.45, 7) is 5.75. The number of para-hydroxylation sites is 1. The quantitative estimate of drug-likeness (QED) is 0.819. The number of hydrogen-bond donors (Lipinski definition) is 1. The van der Waals surface area contributed by atoms with E-state index in [2.05, 4.69) is 52.4 Å². The van der Waals surface area contributed by atoms with E-state index in [1.165, 1.54) is 14.2 Å². The molecule has 0 spiro atoms. The lowest BCUT2D eigenvalue weighted by Gasteiger charge is -2.17. The van der Waals surface area contributed by atoms with Crippen LogP contribution in [-0.2, 0) is 6.54 Å². The van der Waals surface area contributed by atoms with Crippen molar-refractivity contribution in [1.29, 1.82) is 0 Å². The fraction of sp³-hybridized carbons (Fsp3) is 0.333. The Morgan fingerprint density at radius 1 is 1.26 bits per heavy atom. The molecule has 1 N–H and O–H groups in total. The Kier molecular flexibility index (Phi) is 5.43. The second-order valence-electron chi connectivity index (χ2n) is 4.28. The first-order valence-electron chi connectivity index (χ1n) is 6.40. The Morgan fingerprint density at radius 3 is 2.74 bits per heavy atom. The van der Waals surface area contributed by atoms with Gasteiger partial charge in [-0.15, -0.1) is 11.3 Å². The largest absolute Gasteiger partial charge is 0.494 e. The Morgan fingerprint density at radius 2 is 2.05 bits per heavy atom. The number of halogens is 1. The van der Waals surface area contributed by atoms with Gasteiger partial charge in [0.2, 0.25) is 0 Å². The second kappa shape index (κ2) is 7.08. The molecule has 1 heterocycles. The maximum Gasteiger partial charge on any atom is 0.124 e. The van der Waals surface area contributed by atoms with Gasteiger partial charge in [-0.2, -0.15) is 0 Å². The van der Waals surface area contributed by atoms with Crippen molar-refractivity contribution in [2.75, 3.05) is 6.61 Å². The highest BCUT2D eigenvalue weighted by molar-refractivity contribution is 9.11. The van der Waals surface area contributed by atoms with Crippen LogP contribution in [0, 0.1) is 0 Å². The van der Waals surface area contributed by atoms with Crippen LogP contribution in [0.15, 0.2) is 40.2 Å². The molecule has 1 aromatic carbocycles. The second-order valence-corrected chi connectivity index (χ2v) is 6.83. The molecule has 0 aliphatic rings. The van der Waals surface area contributed by atoms with Crippen molar-refractivity contribution in [2.45, 2.75) is 26.4 Å². The smallest absolute Gasteiger partial charge is 0.124 e. The zero-order valence-corrected chi connectivity index (χ0v) is 13.6. The molecule has 0 bridgehead atoms. The van der Waals surface area contributed by atoms with E-state index in [1.54, 1.807) is 11.3 Å². The molecule has 2 aromatic rings. The van der Waals surface area contributed by atoms with Gasteiger partial charge in [-0.05, 0) is 48.0 Å². The molecular formula is C15H18BrNOS. The molecule has 1 unspecified atom stereocenters. The van der Waals surface area contributed by atoms with E-state index in [0.717, 1.165) is 12.3 Å². The zero-order chi connectivity index (χ0) is 13.7. The first-order chi connectivity index (χ1) is 9.20. The van der Waals surface area contributed by atoms with E-state index >= 15 is 0 Å². The molecule has 0 aliphatic carbocycles. The maximum absolute atomic E-state index is 5.67. The highest BCUT2D eigenvalue weighted by Crippen LogP contribution is 2.26. The molecule has 0 amide bonds. The predicted molar refractivity (Wildman–Crippen MR) is 84.9 cm³/mol. The van der Waals surface area contributed by atoms with Gasteiger partial charge in [0, 0.05) is 23.0 Å². The van der Waals surface area contributed by atoms with Crippen LogP contribution in [0.2, 0.25) is 0 Å². The van der Waals surface area contributed by atoms with Crippen LogP contribution in [0.25, 0.3) is 0 Å². The summed E-state index contributed by atoms with van der Waals surface area (Å²) in [6.07, 6.45) is 0. The molecule has 0 saturated heterocycles. The maximum atomic E-state index is 5.67. The number of nitrogens with one attached hydrogen (secondary N) is 1. The summed E-state index contributed by atoms with van der Waals surface area (Å²) in [5, 5.41) is 3.54. The van der Waals surface area contributed by atoms with Crippen molar-refractivity contribution in [2.24, 2.45) is 0 Å². The summed E-state index contributed by atoms with van der Waals surface area (Å²) < 4.78 is 6.84. The summed E-state index contributed by atoms with van der Waals surface area (Å²) in [7, 11) is 0. The molecule has 102 valence electrons. The molecule has 1 aromatic heterocycles. The van der Waals surface area contributed by atoms with Crippen molar-refractivity contribution in [3.8, 4) is 5.75 Å². The fourth-order valence-corrected chi connectivity index (χ4v) is 3.37. The van der Waals surface area contributed by atoms with Crippen LogP contribution >= 0.6 is 27.3 Å². The van der Waals surface area contributed by atoms with E-state index < -0.39 is 0 Å². The fourth-order valence-electron chi connectivity index (χ4n) is 1.94. The Bertz CT molecular complexity index is 526. The van der Waals surface area contributed by atoms with Crippen LogP contribution in [0.4, 0.5) is 0 Å². The monoisotopic (exact) mass is 339 g/mol. The van der Waals surface area contributed by atoms with Gasteiger partial charge in [0.25, 0.3) is 0 Å². The Hall–Kier alpha value is -0.840. The van der Waals surface area contributed by atoms with Crippen molar-refractivity contribution < 1.29 is 4.74 Å². The topological polar surface area (TPSA) is 21.3 Å². The molecule has 0 radical (unpaired) electrons. The third-order valence-electron chi connectivity index (χ3n) is 2.90. The van der Waals surface area contributed by atoms with Gasteiger partial charge in [0.15, 0.2) is 0 Å². The van der Waals surface area contributed by atoms with Gasteiger partial charge in [-0.3, -0.25) is 0 Å². The molecule has 0 fully saturated rings. The van der Waals surface area contributed by atoms with Crippen molar-refractivity contribution >= 4 is 27.3 Å². The van der Waals surface area contributed by atoms with Gasteiger partial charge in [0.1, 0.15) is 5.75 Å². The standard InChI is InChI=1S/C15H18BrNOS/c1-3-18-14-7-5-4-6-13(14)11(2)17-10-12-8-9-15(16)19-12/h4-9,11,17H,3,10H2,1-2H3. The molecule has 19 heavy (non-hydrogen) atoms. The molecule has 2 rings (SSSR count). The molecule has 0 saturated carbocycles. The minimum Gasteiger partial charge on any atom is -0.494 e. The van der Waals surface area contributed by atoms with Crippen molar-refractivity contribution in [3.63, 3.8) is 0 Å². The van der Waals surface area contributed by atoms with Gasteiger partial charge in [-0.25, -0.2) is 0 Å². The van der Waals surface area contributed by atoms with Crippen molar-refractivity contribution in [1.82, 2.24) is 5.32 Å². The summed E-state index contributed by atoms with van der Waals surface area (Å²) in [5.74, 6) is 0.970. The van der Waals surface area contributed by atoms with Gasteiger partial charge in [-0.1, -0.05) is 18.2 Å². The first kappa shape index (κ1) is 14.6. The van der Waals surface area contributed by atoms with E-state index in [0.29, 0.717) is 6.61 Å². The number of rotatable bonds is 6. The molecule has 4 heteroatoms. The summed E-state index contributed by atoms with van der Waals surface area (Å²) in [5.41, 5.74) is 1.21. The van der Waals surface area contributed by atoms with Crippen LogP contribution < -0.4 is 10.1 Å². The van der Waals surface area contributed by atoms with Crippen LogP contribution in [0.5, 0.6) is 5.75 Å². The lowest BCUT2D eigenvalue weighted by atomic mass is 10.1. The van der Waals surface area contributed by atoms with E-state index in [1.807, 2.05) is 19.1 Å². The molecular weight excluding hydrogens is 322 g/mol.